The van der Waals surface area contributed by atoms with Crippen LogP contribution in [0.5, 0.6) is 11.5 Å². The summed E-state index contributed by atoms with van der Waals surface area (Å²) >= 11 is 0. The van der Waals surface area contributed by atoms with Gasteiger partial charge < -0.3 is 19.5 Å². The van der Waals surface area contributed by atoms with E-state index in [2.05, 4.69) is 5.32 Å². The fourth-order valence-electron chi connectivity index (χ4n) is 3.46. The van der Waals surface area contributed by atoms with E-state index in [1.807, 2.05) is 42.5 Å². The Hall–Kier alpha value is -3.14. The Morgan fingerprint density at radius 2 is 1.61 bits per heavy atom. The lowest BCUT2D eigenvalue weighted by atomic mass is 10.1. The number of nitrogens with zero attached hydrogens (tertiary/aromatic N) is 1. The van der Waals surface area contributed by atoms with Crippen molar-refractivity contribution in [1.29, 1.82) is 0 Å². The predicted molar refractivity (Wildman–Crippen MR) is 124 cm³/mol. The van der Waals surface area contributed by atoms with Gasteiger partial charge in [-0.15, -0.1) is 0 Å². The second kappa shape index (κ2) is 10.7. The summed E-state index contributed by atoms with van der Waals surface area (Å²) in [6, 6.07) is 19.9. The Kier molecular flexibility index (Phi) is 7.43. The predicted octanol–water partition coefficient (Wildman–Crippen LogP) is 2.43. The van der Waals surface area contributed by atoms with Crippen molar-refractivity contribution in [2.75, 3.05) is 46.1 Å². The van der Waals surface area contributed by atoms with Gasteiger partial charge in [0.2, 0.25) is 10.0 Å². The molecule has 1 fully saturated rings. The lowest BCUT2D eigenvalue weighted by molar-refractivity contribution is -0.123. The number of amides is 1. The molecular weight excluding hydrogens is 444 g/mol. The number of benzene rings is 3. The number of ether oxygens (including phenoxy) is 3. The van der Waals surface area contributed by atoms with E-state index in [0.29, 0.717) is 44.3 Å². The Balaban J connectivity index is 1.19. The molecule has 0 spiro atoms. The largest absolute Gasteiger partial charge is 0.492 e. The molecule has 3 aromatic rings. The summed E-state index contributed by atoms with van der Waals surface area (Å²) < 4.78 is 43.1. The van der Waals surface area contributed by atoms with E-state index in [-0.39, 0.29) is 24.0 Å². The molecule has 0 bridgehead atoms. The first-order valence-electron chi connectivity index (χ1n) is 10.7. The lowest BCUT2D eigenvalue weighted by Gasteiger charge is -2.26. The highest BCUT2D eigenvalue weighted by atomic mass is 32.2. The first kappa shape index (κ1) is 23.0. The second-order valence-electron chi connectivity index (χ2n) is 7.48. The van der Waals surface area contributed by atoms with Gasteiger partial charge in [-0.05, 0) is 47.2 Å². The van der Waals surface area contributed by atoms with E-state index in [9.17, 15) is 13.2 Å². The molecule has 1 saturated heterocycles. The number of fused-ring (bicyclic) bond motifs is 1. The lowest BCUT2D eigenvalue weighted by Crippen LogP contribution is -2.40. The minimum Gasteiger partial charge on any atom is -0.492 e. The average Bonchev–Trinajstić information content (AvgIpc) is 2.86. The van der Waals surface area contributed by atoms with E-state index < -0.39 is 10.0 Å². The molecule has 174 valence electrons. The summed E-state index contributed by atoms with van der Waals surface area (Å²) in [5.74, 6) is 0.906. The van der Waals surface area contributed by atoms with Crippen molar-refractivity contribution < 1.29 is 27.4 Å². The monoisotopic (exact) mass is 470 g/mol. The van der Waals surface area contributed by atoms with Gasteiger partial charge in [-0.3, -0.25) is 4.79 Å². The van der Waals surface area contributed by atoms with E-state index in [0.717, 1.165) is 10.8 Å². The third-order valence-electron chi connectivity index (χ3n) is 5.22. The number of hydrogen-bond donors (Lipinski definition) is 1. The van der Waals surface area contributed by atoms with Crippen LogP contribution in [0.2, 0.25) is 0 Å². The Labute approximate surface area is 193 Å². The molecule has 0 unspecified atom stereocenters. The highest BCUT2D eigenvalue weighted by Gasteiger charge is 2.26. The summed E-state index contributed by atoms with van der Waals surface area (Å²) in [5, 5.41) is 4.89. The minimum atomic E-state index is -3.53. The topological polar surface area (TPSA) is 94.2 Å². The molecule has 1 heterocycles. The molecule has 1 amide bonds. The Morgan fingerprint density at radius 3 is 2.36 bits per heavy atom. The molecule has 9 heteroatoms. The summed E-state index contributed by atoms with van der Waals surface area (Å²) in [6.07, 6.45) is 0. The smallest absolute Gasteiger partial charge is 0.258 e. The maximum Gasteiger partial charge on any atom is 0.258 e. The number of morpholine rings is 1. The first-order chi connectivity index (χ1) is 16.0. The van der Waals surface area contributed by atoms with Crippen molar-refractivity contribution in [3.05, 3.63) is 66.7 Å². The molecule has 1 N–H and O–H groups in total. The number of carbonyl (C=O) groups excluding carboxylic acids is 1. The molecule has 3 aromatic carbocycles. The van der Waals surface area contributed by atoms with Gasteiger partial charge in [-0.1, -0.05) is 30.3 Å². The number of carbonyl (C=O) groups is 1. The standard InChI is InChI=1S/C24H26N2O6S/c27-24(18-32-22-6-5-19-3-1-2-4-20(19)17-22)25-11-14-31-21-7-9-23(10-8-21)33(28,29)26-12-15-30-16-13-26/h1-10,17H,11-16,18H2,(H,25,27). The van der Waals surface area contributed by atoms with Crippen LogP contribution >= 0.6 is 0 Å². The zero-order valence-corrected chi connectivity index (χ0v) is 18.9. The number of sulfonamides is 1. The maximum atomic E-state index is 12.6. The molecular formula is C24H26N2O6S. The van der Waals surface area contributed by atoms with Crippen LogP contribution < -0.4 is 14.8 Å². The van der Waals surface area contributed by atoms with Crippen molar-refractivity contribution in [2.45, 2.75) is 4.90 Å². The van der Waals surface area contributed by atoms with Gasteiger partial charge in [-0.25, -0.2) is 8.42 Å². The number of rotatable bonds is 9. The van der Waals surface area contributed by atoms with Crippen LogP contribution in [0.3, 0.4) is 0 Å². The van der Waals surface area contributed by atoms with Crippen molar-refractivity contribution in [3.8, 4) is 11.5 Å². The maximum absolute atomic E-state index is 12.6. The van der Waals surface area contributed by atoms with E-state index in [4.69, 9.17) is 14.2 Å². The van der Waals surface area contributed by atoms with Crippen molar-refractivity contribution in [3.63, 3.8) is 0 Å². The van der Waals surface area contributed by atoms with Crippen LogP contribution in [0, 0.1) is 0 Å². The molecule has 0 atom stereocenters. The van der Waals surface area contributed by atoms with Crippen LogP contribution in [0.1, 0.15) is 0 Å². The highest BCUT2D eigenvalue weighted by Crippen LogP contribution is 2.21. The molecule has 33 heavy (non-hydrogen) atoms. The summed E-state index contributed by atoms with van der Waals surface area (Å²) in [4.78, 5) is 12.2. The van der Waals surface area contributed by atoms with Gasteiger partial charge in [0.25, 0.3) is 5.91 Å². The summed E-state index contributed by atoms with van der Waals surface area (Å²) in [5.41, 5.74) is 0. The van der Waals surface area contributed by atoms with Gasteiger partial charge in [-0.2, -0.15) is 4.31 Å². The third-order valence-corrected chi connectivity index (χ3v) is 7.13. The fourth-order valence-corrected chi connectivity index (χ4v) is 4.87. The Morgan fingerprint density at radius 1 is 0.909 bits per heavy atom. The van der Waals surface area contributed by atoms with Crippen LogP contribution in [-0.4, -0.2) is 64.7 Å². The quantitative estimate of drug-likeness (QED) is 0.483. The van der Waals surface area contributed by atoms with Gasteiger partial charge in [0, 0.05) is 13.1 Å². The van der Waals surface area contributed by atoms with Gasteiger partial charge in [0.05, 0.1) is 24.7 Å². The van der Waals surface area contributed by atoms with E-state index >= 15 is 0 Å². The van der Waals surface area contributed by atoms with Crippen LogP contribution in [-0.2, 0) is 19.6 Å². The van der Waals surface area contributed by atoms with Crippen molar-refractivity contribution in [1.82, 2.24) is 9.62 Å². The molecule has 4 rings (SSSR count). The summed E-state index contributed by atoms with van der Waals surface area (Å²) in [7, 11) is -3.53. The molecule has 0 aromatic heterocycles. The van der Waals surface area contributed by atoms with Gasteiger partial charge in [0.1, 0.15) is 18.1 Å². The minimum absolute atomic E-state index is 0.0908. The zero-order chi connectivity index (χ0) is 23.1. The Bertz CT molecular complexity index is 1190. The summed E-state index contributed by atoms with van der Waals surface area (Å²) in [6.45, 7) is 1.96. The van der Waals surface area contributed by atoms with Crippen molar-refractivity contribution >= 4 is 26.7 Å². The molecule has 8 nitrogen and oxygen atoms in total. The first-order valence-corrected chi connectivity index (χ1v) is 12.2. The van der Waals surface area contributed by atoms with Crippen molar-refractivity contribution in [2.24, 2.45) is 0 Å². The molecule has 0 aliphatic carbocycles. The molecule has 1 aliphatic rings. The van der Waals surface area contributed by atoms with Crippen LogP contribution in [0.25, 0.3) is 10.8 Å². The van der Waals surface area contributed by atoms with Gasteiger partial charge in [0.15, 0.2) is 6.61 Å². The van der Waals surface area contributed by atoms with E-state index in [1.165, 1.54) is 16.4 Å². The molecule has 0 saturated carbocycles. The second-order valence-corrected chi connectivity index (χ2v) is 9.42. The SMILES string of the molecule is O=C(COc1ccc2ccccc2c1)NCCOc1ccc(S(=O)(=O)N2CCOCC2)cc1. The zero-order valence-electron chi connectivity index (χ0n) is 18.1. The molecule has 1 aliphatic heterocycles. The van der Waals surface area contributed by atoms with Crippen LogP contribution in [0.4, 0.5) is 0 Å². The number of hydrogen-bond acceptors (Lipinski definition) is 6. The fraction of sp³-hybridized carbons (Fsp3) is 0.292. The number of nitrogens with one attached hydrogen (secondary N) is 1. The van der Waals surface area contributed by atoms with Crippen LogP contribution in [0.15, 0.2) is 71.6 Å². The normalized spacial score (nSPS) is 14.7. The van der Waals surface area contributed by atoms with E-state index in [1.54, 1.807) is 12.1 Å². The average molecular weight is 471 g/mol. The highest BCUT2D eigenvalue weighted by molar-refractivity contribution is 7.89. The third kappa shape index (κ3) is 6.01. The van der Waals surface area contributed by atoms with Gasteiger partial charge >= 0.3 is 0 Å². The molecule has 0 radical (unpaired) electrons.